The SMILES string of the molecule is CC#CC(CCC)C1(C)C(C)C1CC. The third-order valence-corrected chi connectivity index (χ3v) is 4.36. The third kappa shape index (κ3) is 1.70. The van der Waals surface area contributed by atoms with Crippen molar-refractivity contribution in [2.45, 2.75) is 53.9 Å². The van der Waals surface area contributed by atoms with E-state index in [1.54, 1.807) is 0 Å². The van der Waals surface area contributed by atoms with E-state index in [4.69, 9.17) is 0 Å². The summed E-state index contributed by atoms with van der Waals surface area (Å²) in [6.45, 7) is 11.4. The molecule has 0 bridgehead atoms. The second kappa shape index (κ2) is 4.39. The monoisotopic (exact) mass is 192 g/mol. The highest BCUT2D eigenvalue weighted by molar-refractivity contribution is 5.17. The van der Waals surface area contributed by atoms with Crippen LogP contribution in [0.5, 0.6) is 0 Å². The first-order valence-corrected chi connectivity index (χ1v) is 6.05. The van der Waals surface area contributed by atoms with Crippen LogP contribution in [-0.2, 0) is 0 Å². The van der Waals surface area contributed by atoms with Crippen molar-refractivity contribution in [3.8, 4) is 11.8 Å². The van der Waals surface area contributed by atoms with Crippen LogP contribution in [0.3, 0.4) is 0 Å². The molecule has 0 N–H and O–H groups in total. The maximum Gasteiger partial charge on any atom is 0.0261 e. The highest BCUT2D eigenvalue weighted by Crippen LogP contribution is 2.64. The maximum atomic E-state index is 3.43. The van der Waals surface area contributed by atoms with Crippen molar-refractivity contribution in [3.63, 3.8) is 0 Å². The molecule has 0 amide bonds. The van der Waals surface area contributed by atoms with Crippen molar-refractivity contribution in [1.29, 1.82) is 0 Å². The molecule has 4 atom stereocenters. The fourth-order valence-electron chi connectivity index (χ4n) is 3.23. The zero-order valence-electron chi connectivity index (χ0n) is 10.4. The number of rotatable bonds is 4. The summed E-state index contributed by atoms with van der Waals surface area (Å²) < 4.78 is 0. The second-order valence-corrected chi connectivity index (χ2v) is 4.91. The molecule has 14 heavy (non-hydrogen) atoms. The van der Waals surface area contributed by atoms with Crippen LogP contribution >= 0.6 is 0 Å². The topological polar surface area (TPSA) is 0 Å². The van der Waals surface area contributed by atoms with Gasteiger partial charge in [-0.05, 0) is 30.6 Å². The van der Waals surface area contributed by atoms with Gasteiger partial charge in [-0.2, -0.15) is 0 Å². The Hall–Kier alpha value is -0.440. The van der Waals surface area contributed by atoms with Gasteiger partial charge >= 0.3 is 0 Å². The van der Waals surface area contributed by atoms with Crippen molar-refractivity contribution in [2.75, 3.05) is 0 Å². The van der Waals surface area contributed by atoms with Crippen LogP contribution in [0, 0.1) is 35.0 Å². The average molecular weight is 192 g/mol. The van der Waals surface area contributed by atoms with Crippen molar-refractivity contribution >= 4 is 0 Å². The molecule has 0 saturated heterocycles. The van der Waals surface area contributed by atoms with E-state index in [2.05, 4.69) is 39.5 Å². The lowest BCUT2D eigenvalue weighted by atomic mass is 9.84. The van der Waals surface area contributed by atoms with Crippen LogP contribution in [0.15, 0.2) is 0 Å². The van der Waals surface area contributed by atoms with Crippen LogP contribution < -0.4 is 0 Å². The normalized spacial score (nSPS) is 37.2. The molecule has 0 heterocycles. The predicted molar refractivity (Wildman–Crippen MR) is 62.9 cm³/mol. The van der Waals surface area contributed by atoms with Gasteiger partial charge in [0.2, 0.25) is 0 Å². The van der Waals surface area contributed by atoms with Gasteiger partial charge in [-0.1, -0.05) is 46.5 Å². The highest BCUT2D eigenvalue weighted by atomic mass is 14.6. The molecule has 1 aliphatic rings. The van der Waals surface area contributed by atoms with Crippen LogP contribution in [0.25, 0.3) is 0 Å². The summed E-state index contributed by atoms with van der Waals surface area (Å²) in [6, 6.07) is 0. The fraction of sp³-hybridized carbons (Fsp3) is 0.857. The van der Waals surface area contributed by atoms with Gasteiger partial charge in [-0.15, -0.1) is 5.92 Å². The molecule has 0 aromatic heterocycles. The molecule has 1 rings (SSSR count). The van der Waals surface area contributed by atoms with Gasteiger partial charge in [0, 0.05) is 5.92 Å². The molecule has 0 nitrogen and oxygen atoms in total. The van der Waals surface area contributed by atoms with E-state index in [9.17, 15) is 0 Å². The van der Waals surface area contributed by atoms with E-state index in [0.29, 0.717) is 11.3 Å². The molecule has 0 radical (unpaired) electrons. The highest BCUT2D eigenvalue weighted by Gasteiger charge is 2.60. The molecule has 1 aliphatic carbocycles. The molecular weight excluding hydrogens is 168 g/mol. The predicted octanol–water partition coefficient (Wildman–Crippen LogP) is 4.11. The molecule has 4 unspecified atom stereocenters. The fourth-order valence-corrected chi connectivity index (χ4v) is 3.23. The summed E-state index contributed by atoms with van der Waals surface area (Å²) in [4.78, 5) is 0. The van der Waals surface area contributed by atoms with Gasteiger partial charge in [0.05, 0.1) is 0 Å². The quantitative estimate of drug-likeness (QED) is 0.588. The smallest absolute Gasteiger partial charge is 0.0261 e. The van der Waals surface area contributed by atoms with Crippen LogP contribution in [0.1, 0.15) is 53.9 Å². The lowest BCUT2D eigenvalue weighted by Crippen LogP contribution is -2.14. The Morgan fingerprint density at radius 1 is 1.36 bits per heavy atom. The van der Waals surface area contributed by atoms with Crippen LogP contribution in [0.4, 0.5) is 0 Å². The molecule has 1 saturated carbocycles. The third-order valence-electron chi connectivity index (χ3n) is 4.36. The van der Waals surface area contributed by atoms with Gasteiger partial charge in [0.1, 0.15) is 0 Å². The summed E-state index contributed by atoms with van der Waals surface area (Å²) in [7, 11) is 0. The van der Waals surface area contributed by atoms with Crippen molar-refractivity contribution in [1.82, 2.24) is 0 Å². The van der Waals surface area contributed by atoms with Crippen molar-refractivity contribution < 1.29 is 0 Å². The van der Waals surface area contributed by atoms with E-state index < -0.39 is 0 Å². The molecule has 0 heteroatoms. The van der Waals surface area contributed by atoms with Gasteiger partial charge in [0.15, 0.2) is 0 Å². The minimum atomic E-state index is 0.522. The minimum absolute atomic E-state index is 0.522. The van der Waals surface area contributed by atoms with Gasteiger partial charge in [-0.25, -0.2) is 0 Å². The Bertz CT molecular complexity index is 242. The van der Waals surface area contributed by atoms with E-state index in [0.717, 1.165) is 11.8 Å². The number of hydrogen-bond donors (Lipinski definition) is 0. The molecule has 1 fully saturated rings. The zero-order valence-corrected chi connectivity index (χ0v) is 10.4. The van der Waals surface area contributed by atoms with E-state index in [-0.39, 0.29) is 0 Å². The van der Waals surface area contributed by atoms with Gasteiger partial charge < -0.3 is 0 Å². The molecule has 0 aliphatic heterocycles. The van der Waals surface area contributed by atoms with Crippen LogP contribution in [0.2, 0.25) is 0 Å². The summed E-state index contributed by atoms with van der Waals surface area (Å²) in [5.74, 6) is 8.98. The first-order chi connectivity index (χ1) is 6.62. The van der Waals surface area contributed by atoms with Crippen molar-refractivity contribution in [2.24, 2.45) is 23.2 Å². The lowest BCUT2D eigenvalue weighted by Gasteiger charge is -2.19. The molecule has 0 aromatic rings. The molecular formula is C14H24. The van der Waals surface area contributed by atoms with Gasteiger partial charge in [-0.3, -0.25) is 0 Å². The van der Waals surface area contributed by atoms with Crippen LogP contribution in [-0.4, -0.2) is 0 Å². The minimum Gasteiger partial charge on any atom is -0.106 e. The Morgan fingerprint density at radius 2 is 2.00 bits per heavy atom. The van der Waals surface area contributed by atoms with E-state index in [1.165, 1.54) is 19.3 Å². The second-order valence-electron chi connectivity index (χ2n) is 4.91. The first-order valence-electron chi connectivity index (χ1n) is 6.05. The summed E-state index contributed by atoms with van der Waals surface area (Å²) in [5, 5.41) is 0. The largest absolute Gasteiger partial charge is 0.106 e. The molecule has 0 spiro atoms. The Labute approximate surface area is 89.5 Å². The number of hydrogen-bond acceptors (Lipinski definition) is 0. The molecule has 80 valence electrons. The van der Waals surface area contributed by atoms with E-state index in [1.807, 2.05) is 6.92 Å². The summed E-state index contributed by atoms with van der Waals surface area (Å²) in [6.07, 6.45) is 3.86. The Morgan fingerprint density at radius 3 is 2.36 bits per heavy atom. The summed E-state index contributed by atoms with van der Waals surface area (Å²) in [5.41, 5.74) is 0.522. The first kappa shape index (κ1) is 11.6. The summed E-state index contributed by atoms with van der Waals surface area (Å²) >= 11 is 0. The zero-order chi connectivity index (χ0) is 10.8. The standard InChI is InChI=1S/C14H24/c1-6-9-12(10-7-2)14(5)11(4)13(14)8-3/h11-13H,6,8-9H2,1-5H3. The molecule has 0 aromatic carbocycles. The maximum absolute atomic E-state index is 3.43. The van der Waals surface area contributed by atoms with Gasteiger partial charge in [0.25, 0.3) is 0 Å². The average Bonchev–Trinajstić information content (AvgIpc) is 2.70. The Balaban J connectivity index is 2.72. The van der Waals surface area contributed by atoms with Crippen molar-refractivity contribution in [3.05, 3.63) is 0 Å². The Kier molecular flexibility index (Phi) is 3.65. The lowest BCUT2D eigenvalue weighted by molar-refractivity contribution is 0.339. The van der Waals surface area contributed by atoms with E-state index >= 15 is 0 Å².